The summed E-state index contributed by atoms with van der Waals surface area (Å²) in [5, 5.41) is 0. The third-order valence-electron chi connectivity index (χ3n) is 9.27. The first kappa shape index (κ1) is 29.8. The van der Waals surface area contributed by atoms with E-state index in [1.807, 2.05) is 24.5 Å². The van der Waals surface area contributed by atoms with Crippen molar-refractivity contribution < 1.29 is 0 Å². The first-order chi connectivity index (χ1) is 23.8. The van der Waals surface area contributed by atoms with Crippen LogP contribution in [0.3, 0.4) is 0 Å². The molecule has 0 fully saturated rings. The highest BCUT2D eigenvalue weighted by molar-refractivity contribution is 5.82. The van der Waals surface area contributed by atoms with Gasteiger partial charge in [-0.3, -0.25) is 9.98 Å². The Labute approximate surface area is 282 Å². The Kier molecular flexibility index (Phi) is 8.49. The molecule has 0 N–H and O–H groups in total. The normalized spacial score (nSPS) is 18.8. The molecule has 1 aliphatic heterocycles. The summed E-state index contributed by atoms with van der Waals surface area (Å²) in [7, 11) is 0. The molecule has 5 nitrogen and oxygen atoms in total. The number of aromatic nitrogens is 4. The SMILES string of the molecule is C1=CCCC(c2cc(-c3ccccc3)cc(-c3nc(C4=CCCC(C5=CCCC=N5)=C4)nc(C4=CC(c5ccccn5)CC=C4)n3)c2)=C1. The van der Waals surface area contributed by atoms with E-state index in [2.05, 4.69) is 114 Å². The van der Waals surface area contributed by atoms with Crippen molar-refractivity contribution in [3.8, 4) is 22.5 Å². The fraction of sp³-hybridized carbons (Fsp3) is 0.186. The summed E-state index contributed by atoms with van der Waals surface area (Å²) in [6, 6.07) is 23.5. The van der Waals surface area contributed by atoms with Crippen molar-refractivity contribution in [1.29, 1.82) is 0 Å². The third-order valence-corrected chi connectivity index (χ3v) is 9.27. The minimum atomic E-state index is 0.158. The van der Waals surface area contributed by atoms with E-state index in [-0.39, 0.29) is 5.92 Å². The Morgan fingerprint density at radius 1 is 0.625 bits per heavy atom. The van der Waals surface area contributed by atoms with Crippen LogP contribution in [0.4, 0.5) is 0 Å². The van der Waals surface area contributed by atoms with E-state index < -0.39 is 0 Å². The standard InChI is InChI=1S/C43H37N5/c1-3-13-30(14-4-1)36-27-37(31-15-5-2-6-16-31)29-38(28-36)43-47-41(34-19-11-17-32(25-34)39-21-7-9-23-44-39)46-42(48-43)35-20-12-18-33(26-35)40-22-8-10-24-45-40/h1-5,7,9,11,13-15,19-29,32H,6,8,10,12,16-18H2. The average Bonchev–Trinajstić information content (AvgIpc) is 3.19. The lowest BCUT2D eigenvalue weighted by atomic mass is 9.91. The van der Waals surface area contributed by atoms with Crippen LogP contribution in [0, 0.1) is 0 Å². The van der Waals surface area contributed by atoms with E-state index in [0.717, 1.165) is 78.6 Å². The quantitative estimate of drug-likeness (QED) is 0.205. The molecule has 0 saturated heterocycles. The van der Waals surface area contributed by atoms with Crippen LogP contribution < -0.4 is 0 Å². The molecule has 0 bridgehead atoms. The second kappa shape index (κ2) is 13.7. The maximum Gasteiger partial charge on any atom is 0.164 e. The van der Waals surface area contributed by atoms with Crippen LogP contribution in [0.5, 0.6) is 0 Å². The monoisotopic (exact) mass is 623 g/mol. The first-order valence-corrected chi connectivity index (χ1v) is 17.0. The van der Waals surface area contributed by atoms with Crippen molar-refractivity contribution in [1.82, 2.24) is 19.9 Å². The van der Waals surface area contributed by atoms with Crippen molar-refractivity contribution in [2.45, 2.75) is 50.9 Å². The van der Waals surface area contributed by atoms with Gasteiger partial charge in [0.25, 0.3) is 0 Å². The summed E-state index contributed by atoms with van der Waals surface area (Å²) in [6.45, 7) is 0. The highest BCUT2D eigenvalue weighted by Crippen LogP contribution is 2.36. The second-order valence-corrected chi connectivity index (χ2v) is 12.6. The van der Waals surface area contributed by atoms with Gasteiger partial charge in [0.15, 0.2) is 17.5 Å². The van der Waals surface area contributed by atoms with Crippen LogP contribution in [0.15, 0.2) is 144 Å². The number of rotatable bonds is 7. The number of hydrogen-bond donors (Lipinski definition) is 0. The molecule has 1 atom stereocenters. The molecule has 8 rings (SSSR count). The summed E-state index contributed by atoms with van der Waals surface area (Å²) in [4.78, 5) is 24.9. The predicted molar refractivity (Wildman–Crippen MR) is 197 cm³/mol. The summed E-state index contributed by atoms with van der Waals surface area (Å²) in [5.74, 6) is 2.19. The molecule has 3 heterocycles. The maximum absolute atomic E-state index is 5.21. The number of aliphatic imine (C=N–C) groups is 1. The van der Waals surface area contributed by atoms with Crippen molar-refractivity contribution in [3.05, 3.63) is 162 Å². The number of pyridine rings is 1. The molecule has 2 aromatic carbocycles. The van der Waals surface area contributed by atoms with Crippen LogP contribution in [0.1, 0.15) is 73.8 Å². The van der Waals surface area contributed by atoms with E-state index >= 15 is 0 Å². The van der Waals surface area contributed by atoms with Crippen molar-refractivity contribution in [2.75, 3.05) is 0 Å². The molecule has 2 aromatic heterocycles. The largest absolute Gasteiger partial charge is 0.261 e. The van der Waals surface area contributed by atoms with Gasteiger partial charge in [0.05, 0.1) is 5.70 Å². The molecular weight excluding hydrogens is 587 g/mol. The Morgan fingerprint density at radius 2 is 1.44 bits per heavy atom. The molecule has 48 heavy (non-hydrogen) atoms. The van der Waals surface area contributed by atoms with Gasteiger partial charge in [-0.2, -0.15) is 0 Å². The van der Waals surface area contributed by atoms with Gasteiger partial charge in [0.2, 0.25) is 0 Å². The zero-order valence-electron chi connectivity index (χ0n) is 27.0. The van der Waals surface area contributed by atoms with Crippen LogP contribution in [-0.4, -0.2) is 26.2 Å². The number of benzene rings is 2. The van der Waals surface area contributed by atoms with Gasteiger partial charge in [0.1, 0.15) is 0 Å². The Hall–Kier alpha value is -5.55. The van der Waals surface area contributed by atoms with E-state index in [4.69, 9.17) is 19.9 Å². The zero-order valence-corrected chi connectivity index (χ0v) is 27.0. The predicted octanol–water partition coefficient (Wildman–Crippen LogP) is 10.3. The topological polar surface area (TPSA) is 63.9 Å². The Morgan fingerprint density at radius 3 is 2.25 bits per heavy atom. The summed E-state index contributed by atoms with van der Waals surface area (Å²) >= 11 is 0. The fourth-order valence-electron chi connectivity index (χ4n) is 6.76. The van der Waals surface area contributed by atoms with Gasteiger partial charge in [-0.05, 0) is 109 Å². The van der Waals surface area contributed by atoms with Gasteiger partial charge in [-0.15, -0.1) is 0 Å². The van der Waals surface area contributed by atoms with Crippen molar-refractivity contribution >= 4 is 22.9 Å². The summed E-state index contributed by atoms with van der Waals surface area (Å²) in [6.07, 6.45) is 30.7. The number of hydrogen-bond acceptors (Lipinski definition) is 5. The highest BCUT2D eigenvalue weighted by Gasteiger charge is 2.21. The van der Waals surface area contributed by atoms with E-state index in [0.29, 0.717) is 17.5 Å². The second-order valence-electron chi connectivity index (χ2n) is 12.6. The molecular formula is C43H37N5. The van der Waals surface area contributed by atoms with Crippen LogP contribution in [-0.2, 0) is 0 Å². The molecule has 4 aromatic rings. The van der Waals surface area contributed by atoms with Crippen LogP contribution >= 0.6 is 0 Å². The fourth-order valence-corrected chi connectivity index (χ4v) is 6.76. The molecule has 3 aliphatic carbocycles. The molecule has 234 valence electrons. The molecule has 0 radical (unpaired) electrons. The molecule has 1 unspecified atom stereocenters. The lowest BCUT2D eigenvalue weighted by molar-refractivity contribution is 0.816. The lowest BCUT2D eigenvalue weighted by Gasteiger charge is -2.19. The van der Waals surface area contributed by atoms with Gasteiger partial charge in [-0.1, -0.05) is 85.0 Å². The molecule has 4 aliphatic rings. The molecule has 0 amide bonds. The summed E-state index contributed by atoms with van der Waals surface area (Å²) in [5.41, 5.74) is 11.2. The third kappa shape index (κ3) is 6.50. The Balaban J connectivity index is 1.28. The van der Waals surface area contributed by atoms with E-state index in [1.54, 1.807) is 0 Å². The van der Waals surface area contributed by atoms with Gasteiger partial charge in [0, 0.05) is 40.7 Å². The number of nitrogens with zero attached hydrogens (tertiary/aromatic N) is 5. The zero-order chi connectivity index (χ0) is 32.1. The maximum atomic E-state index is 5.21. The minimum Gasteiger partial charge on any atom is -0.261 e. The molecule has 5 heteroatoms. The van der Waals surface area contributed by atoms with E-state index in [1.165, 1.54) is 22.3 Å². The first-order valence-electron chi connectivity index (χ1n) is 17.0. The average molecular weight is 624 g/mol. The van der Waals surface area contributed by atoms with Crippen LogP contribution in [0.25, 0.3) is 39.2 Å². The Bertz CT molecular complexity index is 2090. The summed E-state index contributed by atoms with van der Waals surface area (Å²) < 4.78 is 0. The van der Waals surface area contributed by atoms with Gasteiger partial charge in [-0.25, -0.2) is 15.0 Å². The van der Waals surface area contributed by atoms with Gasteiger partial charge >= 0.3 is 0 Å². The van der Waals surface area contributed by atoms with Crippen LogP contribution in [0.2, 0.25) is 0 Å². The van der Waals surface area contributed by atoms with Crippen molar-refractivity contribution in [2.24, 2.45) is 4.99 Å². The van der Waals surface area contributed by atoms with E-state index in [9.17, 15) is 0 Å². The lowest BCUT2D eigenvalue weighted by Crippen LogP contribution is -2.08. The van der Waals surface area contributed by atoms with Gasteiger partial charge < -0.3 is 0 Å². The smallest absolute Gasteiger partial charge is 0.164 e. The molecule has 0 saturated carbocycles. The highest BCUT2D eigenvalue weighted by atomic mass is 15.0. The minimum absolute atomic E-state index is 0.158. The van der Waals surface area contributed by atoms with Crippen molar-refractivity contribution in [3.63, 3.8) is 0 Å². The number of allylic oxidation sites excluding steroid dienone is 13. The molecule has 0 spiro atoms.